The Morgan fingerprint density at radius 3 is 2.03 bits per heavy atom. The molecule has 1 aliphatic heterocycles. The zero-order chi connectivity index (χ0) is 23.8. The molecular weight excluding hydrogens is 446 g/mol. The number of hydrogen-bond donors (Lipinski definition) is 2. The molecule has 1 fully saturated rings. The zero-order valence-electron chi connectivity index (χ0n) is 18.4. The maximum absolute atomic E-state index is 12.8. The second-order valence-corrected chi connectivity index (χ2v) is 9.73. The normalized spacial score (nSPS) is 14.7. The Hall–Kier alpha value is -3.24. The number of benzene rings is 2. The molecule has 33 heavy (non-hydrogen) atoms. The fraction of sp³-hybridized carbons (Fsp3) is 0.348. The quantitative estimate of drug-likeness (QED) is 0.490. The number of hydrazine groups is 1. The lowest BCUT2D eigenvalue weighted by molar-refractivity contribution is -0.125. The van der Waals surface area contributed by atoms with Crippen LogP contribution in [-0.4, -0.2) is 50.2 Å². The van der Waals surface area contributed by atoms with Crippen molar-refractivity contribution in [1.82, 2.24) is 15.2 Å². The van der Waals surface area contributed by atoms with Gasteiger partial charge in [0.1, 0.15) is 0 Å². The Morgan fingerprint density at radius 2 is 1.42 bits per heavy atom. The Morgan fingerprint density at radius 1 is 0.848 bits per heavy atom. The molecule has 1 aliphatic rings. The average molecular weight is 474 g/mol. The van der Waals surface area contributed by atoms with Gasteiger partial charge < -0.3 is 4.74 Å². The third kappa shape index (κ3) is 6.62. The fourth-order valence-corrected chi connectivity index (χ4v) is 4.87. The predicted molar refractivity (Wildman–Crippen MR) is 121 cm³/mol. The van der Waals surface area contributed by atoms with Crippen LogP contribution >= 0.6 is 0 Å². The molecule has 0 aromatic heterocycles. The van der Waals surface area contributed by atoms with E-state index in [0.717, 1.165) is 31.2 Å². The first-order valence-corrected chi connectivity index (χ1v) is 12.1. The van der Waals surface area contributed by atoms with Crippen molar-refractivity contribution in [2.75, 3.05) is 19.7 Å². The van der Waals surface area contributed by atoms with Crippen molar-refractivity contribution < 1.29 is 27.5 Å². The van der Waals surface area contributed by atoms with E-state index in [1.54, 1.807) is 24.3 Å². The number of ether oxygens (including phenoxy) is 1. The van der Waals surface area contributed by atoms with Crippen LogP contribution in [0.2, 0.25) is 0 Å². The minimum absolute atomic E-state index is 0.109. The molecule has 1 heterocycles. The van der Waals surface area contributed by atoms with Gasteiger partial charge in [-0.2, -0.15) is 4.31 Å². The van der Waals surface area contributed by atoms with E-state index < -0.39 is 34.4 Å². The van der Waals surface area contributed by atoms with E-state index in [2.05, 4.69) is 10.9 Å². The predicted octanol–water partition coefficient (Wildman–Crippen LogP) is 2.18. The van der Waals surface area contributed by atoms with Gasteiger partial charge in [0.15, 0.2) is 6.61 Å². The fourth-order valence-electron chi connectivity index (χ4n) is 3.35. The molecule has 0 radical (unpaired) electrons. The van der Waals surface area contributed by atoms with Gasteiger partial charge in [0.2, 0.25) is 10.0 Å². The summed E-state index contributed by atoms with van der Waals surface area (Å²) in [7, 11) is -3.62. The molecule has 0 atom stereocenters. The number of carbonyl (C=O) groups excluding carboxylic acids is 3. The van der Waals surface area contributed by atoms with Crippen LogP contribution in [0.1, 0.15) is 52.0 Å². The maximum Gasteiger partial charge on any atom is 0.338 e. The van der Waals surface area contributed by atoms with Crippen LogP contribution in [0.3, 0.4) is 0 Å². The van der Waals surface area contributed by atoms with Gasteiger partial charge in [-0.1, -0.05) is 30.5 Å². The molecule has 2 amide bonds. The standard InChI is InChI=1S/C23H27N3O6S/c1-17-6-8-18(9-7-17)22(28)25-24-21(27)16-32-23(29)19-10-12-20(13-11-19)33(30,31)26-14-4-2-3-5-15-26/h6-13H,2-5,14-16H2,1H3,(H,24,27)(H,25,28). The van der Waals surface area contributed by atoms with Crippen molar-refractivity contribution in [3.05, 3.63) is 65.2 Å². The summed E-state index contributed by atoms with van der Waals surface area (Å²) in [5.41, 5.74) is 5.89. The van der Waals surface area contributed by atoms with Gasteiger partial charge in [0.05, 0.1) is 10.5 Å². The second kappa shape index (κ2) is 11.1. The minimum atomic E-state index is -3.62. The summed E-state index contributed by atoms with van der Waals surface area (Å²) in [5, 5.41) is 0. The van der Waals surface area contributed by atoms with E-state index in [9.17, 15) is 22.8 Å². The van der Waals surface area contributed by atoms with Crippen LogP contribution < -0.4 is 10.9 Å². The Labute approximate surface area is 193 Å². The lowest BCUT2D eigenvalue weighted by Crippen LogP contribution is -2.43. The highest BCUT2D eigenvalue weighted by Crippen LogP contribution is 2.20. The van der Waals surface area contributed by atoms with Gasteiger partial charge in [0, 0.05) is 18.7 Å². The van der Waals surface area contributed by atoms with Crippen molar-refractivity contribution in [3.63, 3.8) is 0 Å². The van der Waals surface area contributed by atoms with Crippen LogP contribution in [-0.2, 0) is 19.6 Å². The lowest BCUT2D eigenvalue weighted by Gasteiger charge is -2.19. The molecule has 1 saturated heterocycles. The summed E-state index contributed by atoms with van der Waals surface area (Å²) >= 11 is 0. The number of carbonyl (C=O) groups is 3. The van der Waals surface area contributed by atoms with E-state index in [0.29, 0.717) is 18.7 Å². The maximum atomic E-state index is 12.8. The van der Waals surface area contributed by atoms with Crippen molar-refractivity contribution >= 4 is 27.8 Å². The molecule has 2 aromatic rings. The number of aryl methyl sites for hydroxylation is 1. The van der Waals surface area contributed by atoms with Gasteiger partial charge >= 0.3 is 5.97 Å². The minimum Gasteiger partial charge on any atom is -0.452 e. The van der Waals surface area contributed by atoms with Gasteiger partial charge in [0.25, 0.3) is 11.8 Å². The SMILES string of the molecule is Cc1ccc(C(=O)NNC(=O)COC(=O)c2ccc(S(=O)(=O)N3CCCCCC3)cc2)cc1. The van der Waals surface area contributed by atoms with Gasteiger partial charge in [-0.3, -0.25) is 20.4 Å². The summed E-state index contributed by atoms with van der Waals surface area (Å²) in [6.45, 7) is 2.25. The Kier molecular flexibility index (Phi) is 8.18. The van der Waals surface area contributed by atoms with E-state index in [4.69, 9.17) is 4.74 Å². The molecule has 176 valence electrons. The second-order valence-electron chi connectivity index (χ2n) is 7.79. The van der Waals surface area contributed by atoms with E-state index in [1.165, 1.54) is 28.6 Å². The number of nitrogens with one attached hydrogen (secondary N) is 2. The van der Waals surface area contributed by atoms with Crippen LogP contribution in [0.25, 0.3) is 0 Å². The molecule has 0 saturated carbocycles. The molecule has 2 aromatic carbocycles. The lowest BCUT2D eigenvalue weighted by atomic mass is 10.1. The first-order valence-electron chi connectivity index (χ1n) is 10.7. The van der Waals surface area contributed by atoms with Crippen LogP contribution in [0.5, 0.6) is 0 Å². The molecule has 10 heteroatoms. The summed E-state index contributed by atoms with van der Waals surface area (Å²) in [6.07, 6.45) is 3.69. The third-order valence-electron chi connectivity index (χ3n) is 5.26. The van der Waals surface area contributed by atoms with Gasteiger partial charge in [-0.25, -0.2) is 13.2 Å². The summed E-state index contributed by atoms with van der Waals surface area (Å²) < 4.78 is 32.0. The van der Waals surface area contributed by atoms with Crippen LogP contribution in [0.15, 0.2) is 53.4 Å². The zero-order valence-corrected chi connectivity index (χ0v) is 19.2. The number of rotatable bonds is 6. The molecule has 0 spiro atoms. The topological polar surface area (TPSA) is 122 Å². The number of sulfonamides is 1. The summed E-state index contributed by atoms with van der Waals surface area (Å²) in [6, 6.07) is 12.2. The molecule has 0 unspecified atom stereocenters. The highest BCUT2D eigenvalue weighted by Gasteiger charge is 2.25. The monoisotopic (exact) mass is 473 g/mol. The molecular formula is C23H27N3O6S. The number of nitrogens with zero attached hydrogens (tertiary/aromatic N) is 1. The van der Waals surface area contributed by atoms with Crippen LogP contribution in [0.4, 0.5) is 0 Å². The highest BCUT2D eigenvalue weighted by atomic mass is 32.2. The van der Waals surface area contributed by atoms with Gasteiger partial charge in [-0.05, 0) is 56.2 Å². The van der Waals surface area contributed by atoms with Crippen molar-refractivity contribution in [1.29, 1.82) is 0 Å². The van der Waals surface area contributed by atoms with E-state index >= 15 is 0 Å². The van der Waals surface area contributed by atoms with Gasteiger partial charge in [-0.15, -0.1) is 0 Å². The van der Waals surface area contributed by atoms with Crippen LogP contribution in [0, 0.1) is 6.92 Å². The first kappa shape index (κ1) is 24.4. The number of esters is 1. The largest absolute Gasteiger partial charge is 0.452 e. The molecule has 3 rings (SSSR count). The van der Waals surface area contributed by atoms with E-state index in [-0.39, 0.29) is 10.5 Å². The third-order valence-corrected chi connectivity index (χ3v) is 7.17. The molecule has 0 bridgehead atoms. The summed E-state index contributed by atoms with van der Waals surface area (Å²) in [4.78, 5) is 36.2. The highest BCUT2D eigenvalue weighted by molar-refractivity contribution is 7.89. The van der Waals surface area contributed by atoms with E-state index in [1.807, 2.05) is 6.92 Å². The number of amides is 2. The smallest absolute Gasteiger partial charge is 0.338 e. The number of hydrogen-bond acceptors (Lipinski definition) is 6. The molecule has 9 nitrogen and oxygen atoms in total. The van der Waals surface area contributed by atoms with Crippen molar-refractivity contribution in [3.8, 4) is 0 Å². The Bertz CT molecular complexity index is 1090. The Balaban J connectivity index is 1.49. The molecule has 0 aliphatic carbocycles. The first-order chi connectivity index (χ1) is 15.8. The average Bonchev–Trinajstić information content (AvgIpc) is 3.12. The summed E-state index contributed by atoms with van der Waals surface area (Å²) in [5.74, 6) is -2.01. The molecule has 2 N–H and O–H groups in total. The van der Waals surface area contributed by atoms with Crippen molar-refractivity contribution in [2.24, 2.45) is 0 Å². The van der Waals surface area contributed by atoms with Crippen molar-refractivity contribution in [2.45, 2.75) is 37.5 Å².